The zero-order valence-corrected chi connectivity index (χ0v) is 13.6. The molecule has 0 saturated heterocycles. The molecule has 0 spiro atoms. The molecule has 0 amide bonds. The molecular weight excluding hydrogens is 280 g/mol. The molecule has 1 aliphatic heterocycles. The van der Waals surface area contributed by atoms with Crippen LogP contribution in [-0.2, 0) is 5.41 Å². The molecule has 1 aliphatic rings. The third-order valence-corrected chi connectivity index (χ3v) is 5.29. The zero-order chi connectivity index (χ0) is 15.8. The highest BCUT2D eigenvalue weighted by atomic mass is 15.1. The van der Waals surface area contributed by atoms with Crippen LogP contribution in [0.5, 0.6) is 0 Å². The van der Waals surface area contributed by atoms with Crippen molar-refractivity contribution in [1.82, 2.24) is 9.55 Å². The summed E-state index contributed by atoms with van der Waals surface area (Å²) < 4.78 is 2.35. The standard InChI is InChI=1S/C21H18N2/c1-13-9-10-16-18(12-13)23-19-14(15-7-5-11-22-20(15)23)6-4-8-17(19)21(16,2)3/h4-12H,1-3H3. The normalized spacial score (nSPS) is 15.1. The van der Waals surface area contributed by atoms with Gasteiger partial charge >= 0.3 is 0 Å². The van der Waals surface area contributed by atoms with Crippen molar-refractivity contribution in [1.29, 1.82) is 0 Å². The largest absolute Gasteiger partial charge is 0.293 e. The van der Waals surface area contributed by atoms with E-state index in [0.717, 1.165) is 5.65 Å². The Hall–Kier alpha value is -2.61. The van der Waals surface area contributed by atoms with E-state index in [0.29, 0.717) is 0 Å². The number of nitrogens with zero attached hydrogens (tertiary/aromatic N) is 2. The molecule has 4 aromatic rings. The van der Waals surface area contributed by atoms with E-state index in [4.69, 9.17) is 4.98 Å². The van der Waals surface area contributed by atoms with Crippen molar-refractivity contribution in [2.24, 2.45) is 0 Å². The lowest BCUT2D eigenvalue weighted by molar-refractivity contribution is 0.629. The van der Waals surface area contributed by atoms with Gasteiger partial charge in [0.25, 0.3) is 0 Å². The average Bonchev–Trinajstić information content (AvgIpc) is 2.88. The van der Waals surface area contributed by atoms with Gasteiger partial charge in [0, 0.05) is 22.4 Å². The van der Waals surface area contributed by atoms with Crippen LogP contribution in [0.4, 0.5) is 0 Å². The highest BCUT2D eigenvalue weighted by molar-refractivity contribution is 6.10. The summed E-state index contributed by atoms with van der Waals surface area (Å²) in [6.07, 6.45) is 1.89. The second-order valence-electron chi connectivity index (χ2n) is 7.06. The smallest absolute Gasteiger partial charge is 0.145 e. The number of aromatic nitrogens is 2. The van der Waals surface area contributed by atoms with E-state index in [2.05, 4.69) is 67.8 Å². The molecule has 0 aliphatic carbocycles. The van der Waals surface area contributed by atoms with Crippen molar-refractivity contribution < 1.29 is 0 Å². The van der Waals surface area contributed by atoms with Crippen LogP contribution in [-0.4, -0.2) is 9.55 Å². The molecule has 0 saturated carbocycles. The predicted molar refractivity (Wildman–Crippen MR) is 95.4 cm³/mol. The monoisotopic (exact) mass is 298 g/mol. The quantitative estimate of drug-likeness (QED) is 0.440. The summed E-state index contributed by atoms with van der Waals surface area (Å²) in [6, 6.07) is 17.6. The zero-order valence-electron chi connectivity index (χ0n) is 13.6. The fourth-order valence-corrected chi connectivity index (χ4v) is 4.13. The van der Waals surface area contributed by atoms with Crippen molar-refractivity contribution in [3.8, 4) is 5.69 Å². The van der Waals surface area contributed by atoms with Gasteiger partial charge in [0.2, 0.25) is 0 Å². The molecule has 5 rings (SSSR count). The fraction of sp³-hybridized carbons (Fsp3) is 0.190. The minimum Gasteiger partial charge on any atom is -0.293 e. The molecule has 0 bridgehead atoms. The Labute approximate surface area is 135 Å². The summed E-state index contributed by atoms with van der Waals surface area (Å²) in [7, 11) is 0. The van der Waals surface area contributed by atoms with Crippen LogP contribution in [0.25, 0.3) is 27.6 Å². The second-order valence-corrected chi connectivity index (χ2v) is 7.06. The first-order valence-corrected chi connectivity index (χ1v) is 8.09. The van der Waals surface area contributed by atoms with Crippen LogP contribution in [0.15, 0.2) is 54.7 Å². The molecule has 0 unspecified atom stereocenters. The van der Waals surface area contributed by atoms with E-state index in [1.54, 1.807) is 0 Å². The maximum atomic E-state index is 4.70. The lowest BCUT2D eigenvalue weighted by Crippen LogP contribution is -2.26. The summed E-state index contributed by atoms with van der Waals surface area (Å²) in [4.78, 5) is 4.70. The summed E-state index contributed by atoms with van der Waals surface area (Å²) in [6.45, 7) is 6.80. The van der Waals surface area contributed by atoms with Gasteiger partial charge in [0.05, 0.1) is 11.2 Å². The number of hydrogen-bond donors (Lipinski definition) is 0. The minimum absolute atomic E-state index is 0.00702. The Morgan fingerprint density at radius 2 is 1.74 bits per heavy atom. The van der Waals surface area contributed by atoms with Crippen LogP contribution in [0.3, 0.4) is 0 Å². The molecule has 3 heterocycles. The fourth-order valence-electron chi connectivity index (χ4n) is 4.13. The molecule has 2 nitrogen and oxygen atoms in total. The predicted octanol–water partition coefficient (Wildman–Crippen LogP) is 5.13. The molecule has 112 valence electrons. The Morgan fingerprint density at radius 1 is 0.913 bits per heavy atom. The Kier molecular flexibility index (Phi) is 2.25. The van der Waals surface area contributed by atoms with Gasteiger partial charge in [-0.1, -0.05) is 44.2 Å². The van der Waals surface area contributed by atoms with Crippen LogP contribution in [0.1, 0.15) is 30.5 Å². The Balaban J connectivity index is 2.13. The SMILES string of the molecule is Cc1ccc2c(c1)-n1c3ncccc3c3cccc(c31)C2(C)C. The van der Waals surface area contributed by atoms with Crippen LogP contribution in [0.2, 0.25) is 0 Å². The second kappa shape index (κ2) is 4.02. The maximum Gasteiger partial charge on any atom is 0.145 e. The first-order chi connectivity index (χ1) is 11.1. The van der Waals surface area contributed by atoms with Crippen molar-refractivity contribution in [2.75, 3.05) is 0 Å². The van der Waals surface area contributed by atoms with Gasteiger partial charge < -0.3 is 0 Å². The lowest BCUT2D eigenvalue weighted by Gasteiger charge is -2.34. The molecule has 0 atom stereocenters. The highest BCUT2D eigenvalue weighted by Gasteiger charge is 2.35. The van der Waals surface area contributed by atoms with Crippen LogP contribution in [0, 0.1) is 6.92 Å². The van der Waals surface area contributed by atoms with Crippen molar-refractivity contribution in [3.05, 3.63) is 71.4 Å². The molecular formula is C21H18N2. The first-order valence-electron chi connectivity index (χ1n) is 8.09. The molecule has 2 aromatic carbocycles. The summed E-state index contributed by atoms with van der Waals surface area (Å²) >= 11 is 0. The molecule has 2 heteroatoms. The maximum absolute atomic E-state index is 4.70. The molecule has 0 radical (unpaired) electrons. The number of aryl methyl sites for hydroxylation is 1. The van der Waals surface area contributed by atoms with Gasteiger partial charge in [-0.05, 0) is 41.8 Å². The molecule has 0 N–H and O–H groups in total. The average molecular weight is 298 g/mol. The summed E-state index contributed by atoms with van der Waals surface area (Å²) in [5.74, 6) is 0. The number of hydrogen-bond acceptors (Lipinski definition) is 1. The highest BCUT2D eigenvalue weighted by Crippen LogP contribution is 2.46. The summed E-state index contributed by atoms with van der Waals surface area (Å²) in [5.41, 5.74) is 7.65. The van der Waals surface area contributed by atoms with Gasteiger partial charge in [0.1, 0.15) is 5.65 Å². The van der Waals surface area contributed by atoms with Gasteiger partial charge in [-0.25, -0.2) is 4.98 Å². The van der Waals surface area contributed by atoms with Crippen molar-refractivity contribution in [3.63, 3.8) is 0 Å². The van der Waals surface area contributed by atoms with Crippen molar-refractivity contribution >= 4 is 21.9 Å². The van der Waals surface area contributed by atoms with Crippen molar-refractivity contribution in [2.45, 2.75) is 26.2 Å². The number of pyridine rings is 1. The lowest BCUT2D eigenvalue weighted by atomic mass is 9.74. The Morgan fingerprint density at radius 3 is 2.61 bits per heavy atom. The Bertz CT molecular complexity index is 1100. The van der Waals surface area contributed by atoms with Crippen LogP contribution >= 0.6 is 0 Å². The van der Waals surface area contributed by atoms with E-state index < -0.39 is 0 Å². The molecule has 2 aromatic heterocycles. The number of fused-ring (bicyclic) bond motifs is 5. The van der Waals surface area contributed by atoms with Gasteiger partial charge in [-0.2, -0.15) is 0 Å². The van der Waals surface area contributed by atoms with E-state index in [1.165, 1.54) is 38.7 Å². The number of para-hydroxylation sites is 1. The van der Waals surface area contributed by atoms with E-state index in [-0.39, 0.29) is 5.41 Å². The van der Waals surface area contributed by atoms with Gasteiger partial charge in [-0.3, -0.25) is 4.57 Å². The number of rotatable bonds is 0. The third kappa shape index (κ3) is 1.46. The van der Waals surface area contributed by atoms with Gasteiger partial charge in [0.15, 0.2) is 0 Å². The molecule has 23 heavy (non-hydrogen) atoms. The summed E-state index contributed by atoms with van der Waals surface area (Å²) in [5, 5.41) is 2.53. The first kappa shape index (κ1) is 12.9. The number of benzene rings is 2. The van der Waals surface area contributed by atoms with Crippen LogP contribution < -0.4 is 0 Å². The van der Waals surface area contributed by atoms with E-state index in [9.17, 15) is 0 Å². The molecule has 0 fully saturated rings. The topological polar surface area (TPSA) is 17.8 Å². The van der Waals surface area contributed by atoms with Gasteiger partial charge in [-0.15, -0.1) is 0 Å². The third-order valence-electron chi connectivity index (χ3n) is 5.29. The minimum atomic E-state index is -0.00702. The van der Waals surface area contributed by atoms with E-state index >= 15 is 0 Å². The van der Waals surface area contributed by atoms with E-state index in [1.807, 2.05) is 12.3 Å².